The van der Waals surface area contributed by atoms with Gasteiger partial charge in [0.15, 0.2) is 27.0 Å². The molecule has 0 atom stereocenters. The number of nitrogens with zero attached hydrogens (tertiary/aromatic N) is 3. The fraction of sp³-hybridized carbons (Fsp3) is 0.403. The summed E-state index contributed by atoms with van der Waals surface area (Å²) in [5, 5.41) is 15.6. The van der Waals surface area contributed by atoms with Crippen molar-refractivity contribution < 1.29 is 61.5 Å². The molecule has 31 heteroatoms. The van der Waals surface area contributed by atoms with E-state index in [2.05, 4.69) is 57.5 Å². The average Bonchev–Trinajstić information content (AvgIpc) is 1.56. The first-order chi connectivity index (χ1) is 45.6. The predicted octanol–water partition coefficient (Wildman–Crippen LogP) is 13.6. The quantitative estimate of drug-likeness (QED) is 0.0764. The molecule has 5 N–H and O–H groups in total. The molecular formula is C67H77B3BrCl3N8O13S3. The van der Waals surface area contributed by atoms with Crippen molar-refractivity contribution in [3.05, 3.63) is 123 Å². The maximum absolute atomic E-state index is 12.1. The van der Waals surface area contributed by atoms with Gasteiger partial charge in [-0.15, -0.1) is 23.2 Å². The van der Waals surface area contributed by atoms with Crippen LogP contribution in [0.15, 0.2) is 95.5 Å². The van der Waals surface area contributed by atoms with Crippen LogP contribution in [0.4, 0.5) is 15.4 Å². The minimum absolute atomic E-state index is 0.000586. The number of carbonyl (C=O) groups is 7. The van der Waals surface area contributed by atoms with Crippen LogP contribution >= 0.6 is 84.7 Å². The number of nitrogens with one attached hydrogen (secondary N) is 5. The number of benzene rings is 5. The smallest absolute Gasteiger partial charge is 0.405 e. The van der Waals surface area contributed by atoms with Crippen LogP contribution in [-0.4, -0.2) is 129 Å². The van der Waals surface area contributed by atoms with Gasteiger partial charge in [0, 0.05) is 54.2 Å². The molecule has 0 unspecified atom stereocenters. The van der Waals surface area contributed by atoms with E-state index in [9.17, 15) is 33.6 Å². The van der Waals surface area contributed by atoms with Crippen molar-refractivity contribution in [1.29, 1.82) is 0 Å². The molecule has 5 amide bonds. The van der Waals surface area contributed by atoms with Crippen LogP contribution in [0.25, 0.3) is 41.8 Å². The Kier molecular flexibility index (Phi) is 24.8. The average molecular weight is 1520 g/mol. The van der Waals surface area contributed by atoms with Crippen molar-refractivity contribution in [3.63, 3.8) is 0 Å². The zero-order chi connectivity index (χ0) is 72.2. The van der Waals surface area contributed by atoms with E-state index in [4.69, 9.17) is 62.7 Å². The highest BCUT2D eigenvalue weighted by Gasteiger charge is 2.64. The summed E-state index contributed by atoms with van der Waals surface area (Å²) in [5.74, 6) is -0.796. The Morgan fingerprint density at radius 2 is 0.847 bits per heavy atom. The first kappa shape index (κ1) is 77.5. The highest BCUT2D eigenvalue weighted by Crippen LogP contribution is 2.44. The summed E-state index contributed by atoms with van der Waals surface area (Å²) in [4.78, 5) is 92.5. The second kappa shape index (κ2) is 31.3. The van der Waals surface area contributed by atoms with Crippen molar-refractivity contribution in [2.75, 3.05) is 29.0 Å². The number of fused-ring (bicyclic) bond motifs is 5. The van der Waals surface area contributed by atoms with Gasteiger partial charge in [0.25, 0.3) is 11.8 Å². The fourth-order valence-electron chi connectivity index (χ4n) is 9.85. The van der Waals surface area contributed by atoms with Crippen LogP contribution in [0.2, 0.25) is 5.02 Å². The van der Waals surface area contributed by atoms with E-state index in [1.165, 1.54) is 54.8 Å². The Balaban J connectivity index is 0.000000157. The molecule has 3 saturated heterocycles. The summed E-state index contributed by atoms with van der Waals surface area (Å²) < 4.78 is 40.0. The minimum Gasteiger partial charge on any atom is -0.405 e. The Labute approximate surface area is 606 Å². The molecule has 21 nitrogen and oxygen atoms in total. The number of aromatic nitrogens is 3. The molecule has 0 spiro atoms. The molecule has 8 heterocycles. The van der Waals surface area contributed by atoms with Gasteiger partial charge in [0.2, 0.25) is 17.7 Å². The highest BCUT2D eigenvalue weighted by molar-refractivity contribution is 9.10. The lowest BCUT2D eigenvalue weighted by Crippen LogP contribution is -2.41. The molecule has 5 aromatic carbocycles. The van der Waals surface area contributed by atoms with Crippen molar-refractivity contribution >= 4 is 198 Å². The van der Waals surface area contributed by atoms with Gasteiger partial charge in [0.1, 0.15) is 4.84 Å². The van der Waals surface area contributed by atoms with Gasteiger partial charge >= 0.3 is 21.1 Å². The summed E-state index contributed by atoms with van der Waals surface area (Å²) in [7, 11) is -1.34. The number of amides is 5. The molecule has 3 fully saturated rings. The number of hydrogen-bond acceptors (Lipinski definition) is 19. The molecule has 0 bridgehead atoms. The van der Waals surface area contributed by atoms with Crippen LogP contribution < -0.4 is 32.0 Å². The molecular weight excluding hydrogens is 1440 g/mol. The first-order valence-corrected chi connectivity index (χ1v) is 35.7. The number of rotatable bonds is 6. The SMILES string of the molecule is CC(=O)Nc1nc2ccc(-c3ccc4c(c3)CC(=O)CNC4=O)cc2s1.CC(=O)Nc1nc2ccc(B3OC(C)(C)C(C)(C)O3)cc2s1.CC(=O)Nc1nc2ccc(Br)cc2s1.CC(Cl)Cl.CC1(C)OB(B2OC(C)(C)C(C)(C)O2)OC1(C)C.O=C1CNC(=O)c2ccc(Cl)cc2C1. The topological polar surface area (TPSA) is 274 Å². The van der Waals surface area contributed by atoms with Gasteiger partial charge in [-0.1, -0.05) is 79.7 Å². The first-order valence-electron chi connectivity index (χ1n) is 31.2. The normalized spacial score (nSPS) is 18.1. The van der Waals surface area contributed by atoms with Crippen LogP contribution in [-0.2, 0) is 64.7 Å². The van der Waals surface area contributed by atoms with Gasteiger partial charge < -0.3 is 54.5 Å². The molecule has 0 aliphatic carbocycles. The van der Waals surface area contributed by atoms with E-state index in [1.807, 2.05) is 150 Å². The Morgan fingerprint density at radius 3 is 1.28 bits per heavy atom. The number of carbonyl (C=O) groups excluding carboxylic acids is 7. The number of halogens is 4. The lowest BCUT2D eigenvalue weighted by Gasteiger charge is -2.32. The number of ketones is 2. The van der Waals surface area contributed by atoms with Crippen molar-refractivity contribution in [2.24, 2.45) is 0 Å². The maximum atomic E-state index is 12.1. The van der Waals surface area contributed by atoms with Gasteiger partial charge in [-0.25, -0.2) is 15.0 Å². The molecule has 13 rings (SSSR count). The Bertz CT molecular complexity index is 4270. The second-order valence-electron chi connectivity index (χ2n) is 26.4. The number of Topliss-reactive ketones (excluding diaryl/α,β-unsaturated/α-hetero) is 2. The van der Waals surface area contributed by atoms with E-state index in [1.54, 1.807) is 31.2 Å². The zero-order valence-corrected chi connectivity index (χ0v) is 63.5. The second-order valence-corrected chi connectivity index (χ2v) is 32.4. The lowest BCUT2D eigenvalue weighted by molar-refractivity contribution is -0.118. The third-order valence-corrected chi connectivity index (χ3v) is 20.5. The summed E-state index contributed by atoms with van der Waals surface area (Å²) >= 11 is 23.6. The van der Waals surface area contributed by atoms with E-state index in [-0.39, 0.29) is 113 Å². The minimum atomic E-state index is -0.476. The Morgan fingerprint density at radius 1 is 0.500 bits per heavy atom. The van der Waals surface area contributed by atoms with Crippen LogP contribution in [0, 0.1) is 0 Å². The molecule has 0 radical (unpaired) electrons. The molecule has 8 aromatic rings. The van der Waals surface area contributed by atoms with Crippen LogP contribution in [0.1, 0.15) is 143 Å². The summed E-state index contributed by atoms with van der Waals surface area (Å²) in [6.07, 6.45) is 0.520. The van der Waals surface area contributed by atoms with Crippen molar-refractivity contribution in [1.82, 2.24) is 25.6 Å². The van der Waals surface area contributed by atoms with Crippen molar-refractivity contribution in [3.8, 4) is 11.1 Å². The largest absolute Gasteiger partial charge is 0.494 e. The number of hydrogen-bond donors (Lipinski definition) is 5. The summed E-state index contributed by atoms with van der Waals surface area (Å²) in [5.41, 5.74) is 5.81. The molecule has 98 heavy (non-hydrogen) atoms. The van der Waals surface area contributed by atoms with Crippen LogP contribution in [0.5, 0.6) is 0 Å². The maximum Gasteiger partial charge on any atom is 0.494 e. The number of thiazole rings is 3. The third kappa shape index (κ3) is 19.6. The number of anilines is 3. The van der Waals surface area contributed by atoms with Gasteiger partial charge in [-0.05, 0) is 191 Å². The molecule has 5 aliphatic heterocycles. The molecule has 5 aliphatic rings. The number of alkyl halides is 2. The van der Waals surface area contributed by atoms with E-state index in [0.29, 0.717) is 37.1 Å². The van der Waals surface area contributed by atoms with Crippen molar-refractivity contribution in [2.45, 2.75) is 162 Å². The standard InChI is InChI=1S/C19H15N3O3S.C15H19BN2O3S.C12H24B2O4.C10H8ClNO2.C9H7BrN2OS.C2H4Cl2/c1-10(23)21-19-22-16-5-3-12(8-17(16)26-19)11-2-4-15-13(6-11)7-14(24)9-20-18(15)25;1-9(19)17-13-18-11-7-6-10(8-12(11)22-13)16-20-14(2,3)15(4,5)21-16;1-9(2)10(3,4)16-13(15-9)14-17-11(5,6)12(7,8)18-14;11-7-1-2-9-6(3-7)4-8(13)5-12-10(9)14;1-5(13)11-9-12-7-3-2-6(10)4-8(7)14-9;1-2(3)4/h2-6,8H,7,9H2,1H3,(H,20,25)(H,21,22,23);6-8H,1-5H3,(H,17,18,19);1-8H3;1-3H,4-5H2,(H,12,14);2-4H,1H3,(H,11,12,13);2H,1H3. The monoisotopic (exact) mass is 1510 g/mol. The van der Waals surface area contributed by atoms with E-state index >= 15 is 0 Å². The highest BCUT2D eigenvalue weighted by atomic mass is 79.9. The molecule has 3 aromatic heterocycles. The lowest BCUT2D eigenvalue weighted by atomic mass is 9.49. The van der Waals surface area contributed by atoms with E-state index in [0.717, 1.165) is 57.3 Å². The van der Waals surface area contributed by atoms with Gasteiger partial charge in [0.05, 0.1) is 77.3 Å². The zero-order valence-electron chi connectivity index (χ0n) is 57.2. The van der Waals surface area contributed by atoms with Gasteiger partial charge in [-0.2, -0.15) is 0 Å². The van der Waals surface area contributed by atoms with Crippen LogP contribution in [0.3, 0.4) is 0 Å². The summed E-state index contributed by atoms with van der Waals surface area (Å²) in [6, 6.07) is 28.1. The van der Waals surface area contributed by atoms with E-state index < -0.39 is 14.0 Å². The predicted molar refractivity (Wildman–Crippen MR) is 397 cm³/mol. The van der Waals surface area contributed by atoms with Gasteiger partial charge in [-0.3, -0.25) is 33.6 Å². The molecule has 518 valence electrons. The molecule has 0 saturated carbocycles. The Hall–Kier alpha value is -6.24. The summed E-state index contributed by atoms with van der Waals surface area (Å²) in [6.45, 7) is 30.6. The fourth-order valence-corrected chi connectivity index (χ4v) is 13.4. The third-order valence-electron chi connectivity index (χ3n) is 17.0.